The van der Waals surface area contributed by atoms with E-state index in [1.807, 2.05) is 6.07 Å². The molecule has 17 heavy (non-hydrogen) atoms. The lowest BCUT2D eigenvalue weighted by molar-refractivity contribution is 1.09. The van der Waals surface area contributed by atoms with Gasteiger partial charge in [-0.1, -0.05) is 0 Å². The standard InChI is InChI=1S/C11H9N5O/c12-6-7-1-3-8(4-2-7)14-10-5-9(13)15-11(17)16-10/h1-5H,(H4,13,14,15,16,17). The summed E-state index contributed by atoms with van der Waals surface area (Å²) in [6, 6.07) is 10.3. The quantitative estimate of drug-likeness (QED) is 0.708. The number of aromatic nitrogens is 2. The van der Waals surface area contributed by atoms with Crippen molar-refractivity contribution in [1.29, 1.82) is 5.26 Å². The molecule has 0 aliphatic rings. The Morgan fingerprint density at radius 2 is 2.06 bits per heavy atom. The summed E-state index contributed by atoms with van der Waals surface area (Å²) in [6.45, 7) is 0. The van der Waals surface area contributed by atoms with Gasteiger partial charge in [0.2, 0.25) is 0 Å². The van der Waals surface area contributed by atoms with E-state index in [4.69, 9.17) is 11.0 Å². The van der Waals surface area contributed by atoms with Crippen LogP contribution in [0.15, 0.2) is 35.1 Å². The van der Waals surface area contributed by atoms with Crippen LogP contribution in [0.3, 0.4) is 0 Å². The molecule has 4 N–H and O–H groups in total. The van der Waals surface area contributed by atoms with Crippen molar-refractivity contribution in [2.24, 2.45) is 0 Å². The number of nitriles is 1. The average molecular weight is 227 g/mol. The summed E-state index contributed by atoms with van der Waals surface area (Å²) in [5.41, 5.74) is 6.25. The maximum Gasteiger partial charge on any atom is 0.348 e. The number of benzene rings is 1. The Morgan fingerprint density at radius 3 is 2.65 bits per heavy atom. The molecule has 6 nitrogen and oxygen atoms in total. The van der Waals surface area contributed by atoms with Gasteiger partial charge in [-0.25, -0.2) is 4.79 Å². The van der Waals surface area contributed by atoms with Crippen molar-refractivity contribution in [2.75, 3.05) is 11.1 Å². The van der Waals surface area contributed by atoms with Gasteiger partial charge in [-0.3, -0.25) is 4.98 Å². The molecule has 6 heteroatoms. The van der Waals surface area contributed by atoms with Gasteiger partial charge >= 0.3 is 5.69 Å². The fraction of sp³-hybridized carbons (Fsp3) is 0. The minimum absolute atomic E-state index is 0.237. The summed E-state index contributed by atoms with van der Waals surface area (Å²) in [5.74, 6) is 0.595. The molecule has 0 aliphatic heterocycles. The third-order valence-corrected chi connectivity index (χ3v) is 2.05. The Morgan fingerprint density at radius 1 is 1.35 bits per heavy atom. The fourth-order valence-corrected chi connectivity index (χ4v) is 1.32. The van der Waals surface area contributed by atoms with Gasteiger partial charge in [0.1, 0.15) is 11.6 Å². The van der Waals surface area contributed by atoms with Crippen LogP contribution in [0.25, 0.3) is 0 Å². The first-order valence-electron chi connectivity index (χ1n) is 4.81. The Kier molecular flexibility index (Phi) is 2.75. The molecule has 0 spiro atoms. The summed E-state index contributed by atoms with van der Waals surface area (Å²) in [5, 5.41) is 11.6. The molecule has 0 bridgehead atoms. The van der Waals surface area contributed by atoms with Gasteiger partial charge < -0.3 is 11.1 Å². The molecule has 0 amide bonds. The Hall–Kier alpha value is -2.81. The predicted molar refractivity (Wildman–Crippen MR) is 63.7 cm³/mol. The number of hydrogen-bond donors (Lipinski definition) is 3. The van der Waals surface area contributed by atoms with Crippen LogP contribution < -0.4 is 16.7 Å². The zero-order valence-corrected chi connectivity index (χ0v) is 8.77. The van der Waals surface area contributed by atoms with Gasteiger partial charge in [0.15, 0.2) is 0 Å². The SMILES string of the molecule is N#Cc1ccc(Nc2cc(N)[nH]c(=O)n2)cc1. The van der Waals surface area contributed by atoms with Gasteiger partial charge in [0.05, 0.1) is 11.6 Å². The first kappa shape index (κ1) is 10.7. The van der Waals surface area contributed by atoms with E-state index in [9.17, 15) is 4.79 Å². The van der Waals surface area contributed by atoms with Crippen molar-refractivity contribution in [3.8, 4) is 6.07 Å². The first-order chi connectivity index (χ1) is 8.17. The van der Waals surface area contributed by atoms with E-state index in [2.05, 4.69) is 15.3 Å². The predicted octanol–water partition coefficient (Wildman–Crippen LogP) is 0.967. The third-order valence-electron chi connectivity index (χ3n) is 2.05. The lowest BCUT2D eigenvalue weighted by atomic mass is 10.2. The molecule has 84 valence electrons. The highest BCUT2D eigenvalue weighted by molar-refractivity contribution is 5.58. The maximum absolute atomic E-state index is 11.1. The molecule has 0 fully saturated rings. The van der Waals surface area contributed by atoms with E-state index in [0.29, 0.717) is 11.4 Å². The second kappa shape index (κ2) is 4.37. The van der Waals surface area contributed by atoms with Crippen LogP contribution in [-0.4, -0.2) is 9.97 Å². The van der Waals surface area contributed by atoms with Crippen molar-refractivity contribution in [2.45, 2.75) is 0 Å². The molecule has 0 radical (unpaired) electrons. The highest BCUT2D eigenvalue weighted by Gasteiger charge is 1.99. The third kappa shape index (κ3) is 2.60. The van der Waals surface area contributed by atoms with Gasteiger partial charge in [0.25, 0.3) is 0 Å². The molecular formula is C11H9N5O. The molecule has 0 atom stereocenters. The maximum atomic E-state index is 11.1. The van der Waals surface area contributed by atoms with Crippen molar-refractivity contribution < 1.29 is 0 Å². The van der Waals surface area contributed by atoms with Crippen LogP contribution in [0.4, 0.5) is 17.3 Å². The van der Waals surface area contributed by atoms with Crippen molar-refractivity contribution >= 4 is 17.3 Å². The van der Waals surface area contributed by atoms with Gasteiger partial charge in [-0.05, 0) is 24.3 Å². The van der Waals surface area contributed by atoms with Crippen molar-refractivity contribution in [1.82, 2.24) is 9.97 Å². The number of anilines is 3. The Labute approximate surface area is 96.7 Å². The highest BCUT2D eigenvalue weighted by Crippen LogP contribution is 2.14. The van der Waals surface area contributed by atoms with Gasteiger partial charge in [0, 0.05) is 11.8 Å². The van der Waals surface area contributed by atoms with Crippen LogP contribution in [0.5, 0.6) is 0 Å². The van der Waals surface area contributed by atoms with Crippen molar-refractivity contribution in [3.05, 3.63) is 46.4 Å². The lowest BCUT2D eigenvalue weighted by Crippen LogP contribution is -2.14. The molecule has 0 unspecified atom stereocenters. The monoisotopic (exact) mass is 227 g/mol. The van der Waals surface area contributed by atoms with Crippen LogP contribution in [0.1, 0.15) is 5.56 Å². The minimum atomic E-state index is -0.513. The molecule has 0 aliphatic carbocycles. The van der Waals surface area contributed by atoms with Crippen LogP contribution in [0.2, 0.25) is 0 Å². The largest absolute Gasteiger partial charge is 0.385 e. The summed E-state index contributed by atoms with van der Waals surface area (Å²) in [6.07, 6.45) is 0. The molecule has 1 aromatic carbocycles. The smallest absolute Gasteiger partial charge is 0.348 e. The topological polar surface area (TPSA) is 108 Å². The molecule has 2 aromatic rings. The zero-order valence-electron chi connectivity index (χ0n) is 8.77. The van der Waals surface area contributed by atoms with E-state index < -0.39 is 5.69 Å². The molecule has 0 saturated heterocycles. The van der Waals surface area contributed by atoms with Crippen molar-refractivity contribution in [3.63, 3.8) is 0 Å². The van der Waals surface area contributed by atoms with E-state index in [1.54, 1.807) is 24.3 Å². The number of aromatic amines is 1. The summed E-state index contributed by atoms with van der Waals surface area (Å²) < 4.78 is 0. The average Bonchev–Trinajstić information content (AvgIpc) is 2.28. The van der Waals surface area contributed by atoms with Crippen LogP contribution in [-0.2, 0) is 0 Å². The zero-order chi connectivity index (χ0) is 12.3. The Bertz CT molecular complexity index is 624. The second-order valence-electron chi connectivity index (χ2n) is 3.34. The summed E-state index contributed by atoms with van der Waals surface area (Å²) in [4.78, 5) is 17.1. The van der Waals surface area contributed by atoms with E-state index in [-0.39, 0.29) is 5.82 Å². The number of hydrogen-bond acceptors (Lipinski definition) is 5. The lowest BCUT2D eigenvalue weighted by Gasteiger charge is -2.05. The summed E-state index contributed by atoms with van der Waals surface area (Å²) in [7, 11) is 0. The van der Waals surface area contributed by atoms with Gasteiger partial charge in [-0.15, -0.1) is 0 Å². The molecule has 1 aromatic heterocycles. The minimum Gasteiger partial charge on any atom is -0.385 e. The number of nitrogens with one attached hydrogen (secondary N) is 2. The number of nitrogens with two attached hydrogens (primary N) is 1. The van der Waals surface area contributed by atoms with E-state index >= 15 is 0 Å². The van der Waals surface area contributed by atoms with E-state index in [1.165, 1.54) is 6.07 Å². The second-order valence-corrected chi connectivity index (χ2v) is 3.34. The normalized spacial score (nSPS) is 9.59. The Balaban J connectivity index is 2.25. The van der Waals surface area contributed by atoms with Gasteiger partial charge in [-0.2, -0.15) is 10.2 Å². The fourth-order valence-electron chi connectivity index (χ4n) is 1.32. The number of nitrogen functional groups attached to an aromatic ring is 1. The molecule has 1 heterocycles. The summed E-state index contributed by atoms with van der Waals surface area (Å²) >= 11 is 0. The van der Waals surface area contributed by atoms with E-state index in [0.717, 1.165) is 5.69 Å². The van der Waals surface area contributed by atoms with Crippen LogP contribution >= 0.6 is 0 Å². The molecular weight excluding hydrogens is 218 g/mol. The number of nitrogens with zero attached hydrogens (tertiary/aromatic N) is 2. The highest BCUT2D eigenvalue weighted by atomic mass is 16.1. The number of rotatable bonds is 2. The molecule has 0 saturated carbocycles. The van der Waals surface area contributed by atoms with Crippen LogP contribution in [0, 0.1) is 11.3 Å². The number of H-pyrrole nitrogens is 1. The molecule has 2 rings (SSSR count). The first-order valence-corrected chi connectivity index (χ1v) is 4.81.